The van der Waals surface area contributed by atoms with Gasteiger partial charge < -0.3 is 24.7 Å². The summed E-state index contributed by atoms with van der Waals surface area (Å²) in [6, 6.07) is 12.2. The number of aromatic amines is 1. The first-order valence-corrected chi connectivity index (χ1v) is 13.2. The third kappa shape index (κ3) is 7.43. The predicted octanol–water partition coefficient (Wildman–Crippen LogP) is 5.09. The smallest absolute Gasteiger partial charge is 0.410 e. The van der Waals surface area contributed by atoms with Gasteiger partial charge in [0.15, 0.2) is 5.69 Å². The Hall–Kier alpha value is -4.21. The van der Waals surface area contributed by atoms with Crippen molar-refractivity contribution in [3.63, 3.8) is 0 Å². The molecular weight excluding hydrogens is 498 g/mol. The van der Waals surface area contributed by atoms with Gasteiger partial charge in [-0.1, -0.05) is 18.2 Å². The number of rotatable bonds is 7. The molecule has 10 heteroatoms. The molecule has 1 saturated heterocycles. The number of esters is 1. The van der Waals surface area contributed by atoms with E-state index < -0.39 is 11.6 Å². The van der Waals surface area contributed by atoms with E-state index in [0.29, 0.717) is 53.9 Å². The quantitative estimate of drug-likeness (QED) is 0.405. The average molecular weight is 534 g/mol. The Morgan fingerprint density at radius 2 is 1.79 bits per heavy atom. The van der Waals surface area contributed by atoms with Gasteiger partial charge in [-0.2, -0.15) is 0 Å². The summed E-state index contributed by atoms with van der Waals surface area (Å²) in [6.45, 7) is 8.79. The second-order valence-electron chi connectivity index (χ2n) is 10.5. The molecule has 0 aliphatic carbocycles. The first kappa shape index (κ1) is 27.8. The molecule has 1 fully saturated rings. The lowest BCUT2D eigenvalue weighted by Gasteiger charge is -2.33. The van der Waals surface area contributed by atoms with Crippen LogP contribution in [-0.4, -0.2) is 63.1 Å². The molecule has 4 rings (SSSR count). The van der Waals surface area contributed by atoms with Crippen molar-refractivity contribution in [3.8, 4) is 11.3 Å². The van der Waals surface area contributed by atoms with Crippen molar-refractivity contribution >= 4 is 23.8 Å². The fraction of sp³-hybridized carbons (Fsp3) is 0.414. The summed E-state index contributed by atoms with van der Waals surface area (Å²) in [7, 11) is 0. The van der Waals surface area contributed by atoms with Crippen molar-refractivity contribution in [3.05, 3.63) is 65.7 Å². The largest absolute Gasteiger partial charge is 0.461 e. The van der Waals surface area contributed by atoms with Crippen LogP contribution in [0.1, 0.15) is 67.2 Å². The Balaban J connectivity index is 1.45. The van der Waals surface area contributed by atoms with Gasteiger partial charge >= 0.3 is 12.1 Å². The SMILES string of the molecule is CCOC(=O)c1[nH]c(CC2CCN(C(=O)OC(C)(C)C)CC2)nc1-c1ccc(C(=O)Nc2ccccn2)cc1. The lowest BCUT2D eigenvalue weighted by Crippen LogP contribution is -2.42. The molecule has 0 atom stereocenters. The van der Waals surface area contributed by atoms with Crippen LogP contribution in [-0.2, 0) is 15.9 Å². The summed E-state index contributed by atoms with van der Waals surface area (Å²) in [5.41, 5.74) is 1.38. The number of likely N-dealkylation sites (tertiary alicyclic amines) is 1. The first-order chi connectivity index (χ1) is 18.6. The number of ether oxygens (including phenoxy) is 2. The summed E-state index contributed by atoms with van der Waals surface area (Å²) >= 11 is 0. The highest BCUT2D eigenvalue weighted by Crippen LogP contribution is 2.27. The van der Waals surface area contributed by atoms with Gasteiger partial charge in [0.2, 0.25) is 0 Å². The molecule has 2 aromatic heterocycles. The number of benzene rings is 1. The van der Waals surface area contributed by atoms with Gasteiger partial charge in [0, 0.05) is 36.8 Å². The zero-order valence-corrected chi connectivity index (χ0v) is 22.8. The van der Waals surface area contributed by atoms with Crippen LogP contribution in [0.3, 0.4) is 0 Å². The van der Waals surface area contributed by atoms with E-state index in [1.165, 1.54) is 0 Å². The summed E-state index contributed by atoms with van der Waals surface area (Å²) in [5, 5.41) is 2.76. The second kappa shape index (κ2) is 12.1. The van der Waals surface area contributed by atoms with Crippen LogP contribution in [0.15, 0.2) is 48.7 Å². The second-order valence-corrected chi connectivity index (χ2v) is 10.5. The van der Waals surface area contributed by atoms with E-state index in [1.807, 2.05) is 20.8 Å². The maximum Gasteiger partial charge on any atom is 0.410 e. The van der Waals surface area contributed by atoms with Crippen molar-refractivity contribution in [1.82, 2.24) is 19.9 Å². The normalized spacial score (nSPS) is 14.1. The molecule has 0 unspecified atom stereocenters. The van der Waals surface area contributed by atoms with Crippen LogP contribution in [0, 0.1) is 5.92 Å². The van der Waals surface area contributed by atoms with Crippen molar-refractivity contribution in [2.24, 2.45) is 5.92 Å². The van der Waals surface area contributed by atoms with Gasteiger partial charge in [0.1, 0.15) is 22.9 Å². The zero-order chi connectivity index (χ0) is 28.0. The molecule has 0 radical (unpaired) electrons. The summed E-state index contributed by atoms with van der Waals surface area (Å²) in [6.07, 6.45) is 3.57. The molecule has 1 aromatic carbocycles. The first-order valence-electron chi connectivity index (χ1n) is 13.2. The zero-order valence-electron chi connectivity index (χ0n) is 22.8. The molecule has 1 aliphatic rings. The Bertz CT molecular complexity index is 1290. The summed E-state index contributed by atoms with van der Waals surface area (Å²) in [5.74, 6) is 0.676. The van der Waals surface area contributed by atoms with E-state index in [-0.39, 0.29) is 24.3 Å². The predicted molar refractivity (Wildman–Crippen MR) is 146 cm³/mol. The van der Waals surface area contributed by atoms with Crippen LogP contribution in [0.5, 0.6) is 0 Å². The van der Waals surface area contributed by atoms with Crippen molar-refractivity contribution in [2.45, 2.75) is 52.6 Å². The number of carbonyl (C=O) groups is 3. The van der Waals surface area contributed by atoms with Gasteiger partial charge in [-0.15, -0.1) is 0 Å². The van der Waals surface area contributed by atoms with Crippen LogP contribution < -0.4 is 5.32 Å². The van der Waals surface area contributed by atoms with E-state index in [4.69, 9.17) is 14.5 Å². The highest BCUT2D eigenvalue weighted by molar-refractivity contribution is 6.04. The Morgan fingerprint density at radius 1 is 1.08 bits per heavy atom. The number of pyridine rings is 1. The Labute approximate surface area is 228 Å². The summed E-state index contributed by atoms with van der Waals surface area (Å²) in [4.78, 5) is 51.5. The number of anilines is 1. The van der Waals surface area contributed by atoms with Crippen LogP contribution in [0.2, 0.25) is 0 Å². The number of piperidine rings is 1. The molecule has 10 nitrogen and oxygen atoms in total. The maximum absolute atomic E-state index is 12.7. The van der Waals surface area contributed by atoms with Crippen molar-refractivity contribution in [2.75, 3.05) is 25.0 Å². The molecule has 3 aromatic rings. The number of nitrogens with zero attached hydrogens (tertiary/aromatic N) is 3. The molecule has 2 amide bonds. The van der Waals surface area contributed by atoms with Crippen LogP contribution >= 0.6 is 0 Å². The number of carbonyl (C=O) groups excluding carboxylic acids is 3. The van der Waals surface area contributed by atoms with E-state index in [0.717, 1.165) is 12.8 Å². The Kier molecular flexibility index (Phi) is 8.63. The molecule has 0 saturated carbocycles. The minimum absolute atomic E-state index is 0.238. The number of amides is 2. The van der Waals surface area contributed by atoms with E-state index in [2.05, 4.69) is 15.3 Å². The molecule has 3 heterocycles. The third-order valence-corrected chi connectivity index (χ3v) is 6.31. The highest BCUT2D eigenvalue weighted by Gasteiger charge is 2.28. The van der Waals surface area contributed by atoms with Gasteiger partial charge in [-0.25, -0.2) is 19.6 Å². The number of nitrogens with one attached hydrogen (secondary N) is 2. The molecule has 206 valence electrons. The maximum atomic E-state index is 12.7. The minimum atomic E-state index is -0.525. The third-order valence-electron chi connectivity index (χ3n) is 6.31. The van der Waals surface area contributed by atoms with Crippen molar-refractivity contribution < 1.29 is 23.9 Å². The Morgan fingerprint density at radius 3 is 2.41 bits per heavy atom. The molecular formula is C29H35N5O5. The van der Waals surface area contributed by atoms with E-state index in [1.54, 1.807) is 60.5 Å². The highest BCUT2D eigenvalue weighted by atomic mass is 16.6. The van der Waals surface area contributed by atoms with Gasteiger partial charge in [-0.05, 0) is 70.7 Å². The van der Waals surface area contributed by atoms with Gasteiger partial charge in [-0.3, -0.25) is 4.79 Å². The number of imidazole rings is 1. The molecule has 0 spiro atoms. The number of hydrogen-bond donors (Lipinski definition) is 2. The molecule has 2 N–H and O–H groups in total. The van der Waals surface area contributed by atoms with Crippen molar-refractivity contribution in [1.29, 1.82) is 0 Å². The van der Waals surface area contributed by atoms with Gasteiger partial charge in [0.25, 0.3) is 5.91 Å². The van der Waals surface area contributed by atoms with Crippen LogP contribution in [0.4, 0.5) is 10.6 Å². The monoisotopic (exact) mass is 533 g/mol. The molecule has 1 aliphatic heterocycles. The topological polar surface area (TPSA) is 127 Å². The standard InChI is InChI=1S/C29H35N5O5/c1-5-38-27(36)25-24(20-9-11-21(12-10-20)26(35)33-22-8-6-7-15-30-22)31-23(32-25)18-19-13-16-34(17-14-19)28(37)39-29(2,3)4/h6-12,15,19H,5,13-14,16-18H2,1-4H3,(H,31,32)(H,30,33,35). The molecule has 39 heavy (non-hydrogen) atoms. The number of H-pyrrole nitrogens is 1. The fourth-order valence-corrected chi connectivity index (χ4v) is 4.40. The minimum Gasteiger partial charge on any atom is -0.461 e. The average Bonchev–Trinajstić information content (AvgIpc) is 3.33. The van der Waals surface area contributed by atoms with Crippen LogP contribution in [0.25, 0.3) is 11.3 Å². The number of hydrogen-bond acceptors (Lipinski definition) is 7. The number of aromatic nitrogens is 3. The lowest BCUT2D eigenvalue weighted by atomic mass is 9.93. The van der Waals surface area contributed by atoms with Gasteiger partial charge in [0.05, 0.1) is 6.61 Å². The van der Waals surface area contributed by atoms with E-state index in [9.17, 15) is 14.4 Å². The molecule has 0 bridgehead atoms. The van der Waals surface area contributed by atoms with E-state index >= 15 is 0 Å². The lowest BCUT2D eigenvalue weighted by molar-refractivity contribution is 0.0183. The fourth-order valence-electron chi connectivity index (χ4n) is 4.40. The summed E-state index contributed by atoms with van der Waals surface area (Å²) < 4.78 is 10.8.